The highest BCUT2D eigenvalue weighted by Crippen LogP contribution is 2.22. The van der Waals surface area contributed by atoms with Crippen molar-refractivity contribution < 1.29 is 14.3 Å². The van der Waals surface area contributed by atoms with E-state index in [1.54, 1.807) is 24.3 Å². The van der Waals surface area contributed by atoms with Gasteiger partial charge in [0.1, 0.15) is 0 Å². The molecule has 0 fully saturated rings. The average Bonchev–Trinajstić information content (AvgIpc) is 2.54. The van der Waals surface area contributed by atoms with Crippen LogP contribution in [-0.2, 0) is 10.2 Å². The van der Waals surface area contributed by atoms with Gasteiger partial charge in [0.2, 0.25) is 0 Å². The van der Waals surface area contributed by atoms with E-state index in [0.29, 0.717) is 16.8 Å². The van der Waals surface area contributed by atoms with Crippen LogP contribution >= 0.6 is 0 Å². The number of hydrogen-bond donors (Lipinski definition) is 1. The minimum absolute atomic E-state index is 0.0543. The topological polar surface area (TPSA) is 55.4 Å². The van der Waals surface area contributed by atoms with Gasteiger partial charge in [-0.05, 0) is 47.4 Å². The number of nitrogens with one attached hydrogen (secondary N) is 1. The van der Waals surface area contributed by atoms with Gasteiger partial charge in [0, 0.05) is 11.3 Å². The molecule has 0 aliphatic carbocycles. The van der Waals surface area contributed by atoms with E-state index in [4.69, 9.17) is 0 Å². The first-order chi connectivity index (χ1) is 10.8. The molecular formula is C19H21NO3. The van der Waals surface area contributed by atoms with Crippen molar-refractivity contribution in [2.45, 2.75) is 26.2 Å². The fourth-order valence-corrected chi connectivity index (χ4v) is 2.13. The van der Waals surface area contributed by atoms with Crippen LogP contribution in [0.1, 0.15) is 47.1 Å². The molecule has 0 heterocycles. The number of amides is 1. The van der Waals surface area contributed by atoms with E-state index in [1.165, 1.54) is 12.7 Å². The molecule has 23 heavy (non-hydrogen) atoms. The van der Waals surface area contributed by atoms with Crippen LogP contribution in [0.15, 0.2) is 48.5 Å². The first kappa shape index (κ1) is 16.7. The normalized spacial score (nSPS) is 11.0. The zero-order chi connectivity index (χ0) is 17.0. The maximum atomic E-state index is 12.2. The Hall–Kier alpha value is -2.62. The highest BCUT2D eigenvalue weighted by atomic mass is 16.5. The molecule has 1 amide bonds. The molecule has 0 aromatic heterocycles. The van der Waals surface area contributed by atoms with Gasteiger partial charge in [-0.2, -0.15) is 0 Å². The Morgan fingerprint density at radius 3 is 1.87 bits per heavy atom. The van der Waals surface area contributed by atoms with Crippen LogP contribution < -0.4 is 5.32 Å². The summed E-state index contributed by atoms with van der Waals surface area (Å²) < 4.78 is 4.64. The molecule has 1 N–H and O–H groups in total. The van der Waals surface area contributed by atoms with Crippen molar-refractivity contribution in [3.63, 3.8) is 0 Å². The lowest BCUT2D eigenvalue weighted by molar-refractivity contribution is 0.0600. The SMILES string of the molecule is COC(=O)c1ccc(NC(=O)c2ccc(C(C)(C)C)cc2)cc1. The number of benzene rings is 2. The number of anilines is 1. The molecule has 0 aliphatic rings. The third-order valence-electron chi connectivity index (χ3n) is 3.58. The molecule has 0 atom stereocenters. The van der Waals surface area contributed by atoms with Gasteiger partial charge >= 0.3 is 5.97 Å². The van der Waals surface area contributed by atoms with Crippen molar-refractivity contribution in [2.24, 2.45) is 0 Å². The molecule has 0 saturated heterocycles. The first-order valence-electron chi connectivity index (χ1n) is 7.41. The molecule has 0 spiro atoms. The van der Waals surface area contributed by atoms with Crippen molar-refractivity contribution in [3.05, 3.63) is 65.2 Å². The molecule has 0 bridgehead atoms. The summed E-state index contributed by atoms with van der Waals surface area (Å²) in [6.45, 7) is 6.39. The van der Waals surface area contributed by atoms with Crippen LogP contribution in [0.25, 0.3) is 0 Å². The van der Waals surface area contributed by atoms with Crippen LogP contribution in [-0.4, -0.2) is 19.0 Å². The van der Waals surface area contributed by atoms with Gasteiger partial charge in [0.25, 0.3) is 5.91 Å². The number of ether oxygens (including phenoxy) is 1. The summed E-state index contributed by atoms with van der Waals surface area (Å²) >= 11 is 0. The van der Waals surface area contributed by atoms with Crippen molar-refractivity contribution in [3.8, 4) is 0 Å². The van der Waals surface area contributed by atoms with Crippen molar-refractivity contribution >= 4 is 17.6 Å². The van der Waals surface area contributed by atoms with Crippen molar-refractivity contribution in [2.75, 3.05) is 12.4 Å². The number of esters is 1. The molecule has 120 valence electrons. The minimum Gasteiger partial charge on any atom is -0.465 e. The number of hydrogen-bond acceptors (Lipinski definition) is 3. The van der Waals surface area contributed by atoms with Crippen LogP contribution in [0.2, 0.25) is 0 Å². The van der Waals surface area contributed by atoms with E-state index < -0.39 is 5.97 Å². The average molecular weight is 311 g/mol. The molecule has 0 unspecified atom stereocenters. The number of carbonyl (C=O) groups is 2. The van der Waals surface area contributed by atoms with Crippen LogP contribution in [0.3, 0.4) is 0 Å². The van der Waals surface area contributed by atoms with E-state index >= 15 is 0 Å². The van der Waals surface area contributed by atoms with Gasteiger partial charge in [-0.25, -0.2) is 4.79 Å². The number of carbonyl (C=O) groups excluding carboxylic acids is 2. The molecule has 0 aliphatic heterocycles. The molecule has 4 nitrogen and oxygen atoms in total. The highest BCUT2D eigenvalue weighted by molar-refractivity contribution is 6.04. The van der Waals surface area contributed by atoms with Crippen molar-refractivity contribution in [1.29, 1.82) is 0 Å². The third kappa shape index (κ3) is 4.19. The lowest BCUT2D eigenvalue weighted by Gasteiger charge is -2.19. The van der Waals surface area contributed by atoms with Gasteiger partial charge < -0.3 is 10.1 Å². The molecule has 0 saturated carbocycles. The zero-order valence-electron chi connectivity index (χ0n) is 13.8. The van der Waals surface area contributed by atoms with E-state index in [0.717, 1.165) is 0 Å². The van der Waals surface area contributed by atoms with E-state index in [1.807, 2.05) is 24.3 Å². The Bertz CT molecular complexity index is 695. The molecule has 2 rings (SSSR count). The van der Waals surface area contributed by atoms with Gasteiger partial charge in [-0.1, -0.05) is 32.9 Å². The molecule has 4 heteroatoms. The van der Waals surface area contributed by atoms with Gasteiger partial charge in [0.05, 0.1) is 12.7 Å². The summed E-state index contributed by atoms with van der Waals surface area (Å²) in [4.78, 5) is 23.6. The van der Waals surface area contributed by atoms with E-state index in [-0.39, 0.29) is 11.3 Å². The fourth-order valence-electron chi connectivity index (χ4n) is 2.13. The van der Waals surface area contributed by atoms with Crippen molar-refractivity contribution in [1.82, 2.24) is 0 Å². The number of methoxy groups -OCH3 is 1. The standard InChI is InChI=1S/C19H21NO3/c1-19(2,3)15-9-5-13(6-10-15)17(21)20-16-11-7-14(8-12-16)18(22)23-4/h5-12H,1-4H3,(H,20,21). The van der Waals surface area contributed by atoms with E-state index in [9.17, 15) is 9.59 Å². The summed E-state index contributed by atoms with van der Waals surface area (Å²) in [5, 5.41) is 2.81. The summed E-state index contributed by atoms with van der Waals surface area (Å²) in [6.07, 6.45) is 0. The third-order valence-corrected chi connectivity index (χ3v) is 3.58. The van der Waals surface area contributed by atoms with E-state index in [2.05, 4.69) is 30.8 Å². The molecule has 2 aromatic carbocycles. The van der Waals surface area contributed by atoms with Gasteiger partial charge in [-0.15, -0.1) is 0 Å². The van der Waals surface area contributed by atoms with Crippen LogP contribution in [0, 0.1) is 0 Å². The Morgan fingerprint density at radius 2 is 1.39 bits per heavy atom. The summed E-state index contributed by atoms with van der Waals surface area (Å²) in [7, 11) is 1.33. The molecule has 0 radical (unpaired) electrons. The second-order valence-electron chi connectivity index (χ2n) is 6.35. The first-order valence-corrected chi connectivity index (χ1v) is 7.41. The van der Waals surface area contributed by atoms with Gasteiger partial charge in [0.15, 0.2) is 0 Å². The minimum atomic E-state index is -0.402. The highest BCUT2D eigenvalue weighted by Gasteiger charge is 2.14. The Labute approximate surface area is 136 Å². The van der Waals surface area contributed by atoms with Crippen LogP contribution in [0.5, 0.6) is 0 Å². The Balaban J connectivity index is 2.08. The van der Waals surface area contributed by atoms with Gasteiger partial charge in [-0.3, -0.25) is 4.79 Å². The molecule has 2 aromatic rings. The predicted octanol–water partition coefficient (Wildman–Crippen LogP) is 4.02. The second kappa shape index (κ2) is 6.65. The quantitative estimate of drug-likeness (QED) is 0.871. The summed E-state index contributed by atoms with van der Waals surface area (Å²) in [5.74, 6) is -0.586. The summed E-state index contributed by atoms with van der Waals surface area (Å²) in [6, 6.07) is 14.2. The lowest BCUT2D eigenvalue weighted by atomic mass is 9.87. The number of rotatable bonds is 3. The molecular weight excluding hydrogens is 290 g/mol. The Morgan fingerprint density at radius 1 is 0.870 bits per heavy atom. The second-order valence-corrected chi connectivity index (χ2v) is 6.35. The maximum Gasteiger partial charge on any atom is 0.337 e. The Kier molecular flexibility index (Phi) is 4.84. The van der Waals surface area contributed by atoms with Crippen LogP contribution in [0.4, 0.5) is 5.69 Å². The predicted molar refractivity (Wildman–Crippen MR) is 90.9 cm³/mol. The zero-order valence-corrected chi connectivity index (χ0v) is 13.8. The fraction of sp³-hybridized carbons (Fsp3) is 0.263. The summed E-state index contributed by atoms with van der Waals surface area (Å²) in [5.41, 5.74) is 2.90. The smallest absolute Gasteiger partial charge is 0.337 e. The largest absolute Gasteiger partial charge is 0.465 e. The monoisotopic (exact) mass is 311 g/mol. The maximum absolute atomic E-state index is 12.2. The lowest BCUT2D eigenvalue weighted by Crippen LogP contribution is -2.14.